The van der Waals surface area contributed by atoms with E-state index in [9.17, 15) is 4.79 Å². The molecule has 0 unspecified atom stereocenters. The van der Waals surface area contributed by atoms with Crippen LogP contribution in [-0.2, 0) is 14.3 Å². The Morgan fingerprint density at radius 1 is 0.643 bits per heavy atom. The number of aliphatic imine (C=N–C) groups is 2. The van der Waals surface area contributed by atoms with Gasteiger partial charge in [-0.25, -0.2) is 9.98 Å². The van der Waals surface area contributed by atoms with Crippen LogP contribution in [0.25, 0.3) is 21.8 Å². The normalized spacial score (nSPS) is 23.0. The van der Waals surface area contributed by atoms with Crippen molar-refractivity contribution in [3.63, 3.8) is 0 Å². The number of aromatic nitrogens is 2. The molecule has 2 aliphatic heterocycles. The van der Waals surface area contributed by atoms with Gasteiger partial charge in [-0.05, 0) is 37.8 Å². The molecular formula is C35H34N4O3. The number of ketones is 1. The van der Waals surface area contributed by atoms with Crippen LogP contribution in [0.5, 0.6) is 0 Å². The number of allylic oxidation sites excluding steroid dienone is 2. The van der Waals surface area contributed by atoms with Crippen molar-refractivity contribution in [1.82, 2.24) is 9.97 Å². The van der Waals surface area contributed by atoms with Gasteiger partial charge in [-0.3, -0.25) is 4.79 Å². The van der Waals surface area contributed by atoms with Gasteiger partial charge in [0, 0.05) is 46.4 Å². The molecule has 4 aliphatic rings. The van der Waals surface area contributed by atoms with Crippen molar-refractivity contribution in [3.05, 3.63) is 95.7 Å². The molecule has 4 aromatic rings. The summed E-state index contributed by atoms with van der Waals surface area (Å²) in [5.74, 6) is 2.34. The maximum Gasteiger partial charge on any atom is 0.224 e. The summed E-state index contributed by atoms with van der Waals surface area (Å²) in [5.41, 5.74) is 2.95. The summed E-state index contributed by atoms with van der Waals surface area (Å²) >= 11 is 0. The van der Waals surface area contributed by atoms with Crippen molar-refractivity contribution < 1.29 is 14.3 Å². The third-order valence-electron chi connectivity index (χ3n) is 9.51. The lowest BCUT2D eigenvalue weighted by Crippen LogP contribution is -2.30. The van der Waals surface area contributed by atoms with Crippen molar-refractivity contribution in [2.45, 2.75) is 75.3 Å². The van der Waals surface area contributed by atoms with Crippen LogP contribution in [0.1, 0.15) is 75.3 Å². The number of carbonyl (C=O) groups excluding carboxylic acids is 1. The smallest absolute Gasteiger partial charge is 0.224 e. The van der Waals surface area contributed by atoms with Gasteiger partial charge >= 0.3 is 0 Å². The molecule has 0 bridgehead atoms. The number of fused-ring (bicyclic) bond motifs is 2. The molecule has 7 nitrogen and oxygen atoms in total. The molecule has 212 valence electrons. The molecule has 0 amide bonds. The molecule has 2 aromatic heterocycles. The van der Waals surface area contributed by atoms with Crippen molar-refractivity contribution in [3.8, 4) is 0 Å². The zero-order valence-corrected chi connectivity index (χ0v) is 23.6. The molecule has 42 heavy (non-hydrogen) atoms. The molecule has 2 saturated carbocycles. The quantitative estimate of drug-likeness (QED) is 0.252. The molecule has 0 radical (unpaired) electrons. The summed E-state index contributed by atoms with van der Waals surface area (Å²) in [7, 11) is 0. The molecule has 7 heteroatoms. The van der Waals surface area contributed by atoms with Crippen LogP contribution in [0.2, 0.25) is 0 Å². The van der Waals surface area contributed by atoms with E-state index in [2.05, 4.69) is 22.1 Å². The van der Waals surface area contributed by atoms with Gasteiger partial charge in [0.15, 0.2) is 5.78 Å². The van der Waals surface area contributed by atoms with Crippen LogP contribution >= 0.6 is 0 Å². The number of para-hydroxylation sites is 2. The summed E-state index contributed by atoms with van der Waals surface area (Å²) in [5, 5.41) is 2.13. The van der Waals surface area contributed by atoms with Gasteiger partial charge in [-0.2, -0.15) is 0 Å². The lowest BCUT2D eigenvalue weighted by molar-refractivity contribution is -0.110. The largest absolute Gasteiger partial charge is 0.440 e. The van der Waals surface area contributed by atoms with Gasteiger partial charge in [0.2, 0.25) is 11.8 Å². The second-order valence-corrected chi connectivity index (χ2v) is 12.1. The van der Waals surface area contributed by atoms with Crippen LogP contribution < -0.4 is 0 Å². The van der Waals surface area contributed by atoms with Gasteiger partial charge in [0.25, 0.3) is 0 Å². The van der Waals surface area contributed by atoms with Gasteiger partial charge in [0.1, 0.15) is 22.6 Å². The monoisotopic (exact) mass is 558 g/mol. The molecule has 2 spiro atoms. The van der Waals surface area contributed by atoms with E-state index in [1.807, 2.05) is 48.8 Å². The molecule has 0 atom stereocenters. The number of hydrogen-bond acceptors (Lipinski definition) is 5. The lowest BCUT2D eigenvalue weighted by atomic mass is 9.80. The summed E-state index contributed by atoms with van der Waals surface area (Å²) in [4.78, 5) is 30.8. The zero-order chi connectivity index (χ0) is 28.1. The van der Waals surface area contributed by atoms with Crippen LogP contribution in [0.4, 0.5) is 0 Å². The van der Waals surface area contributed by atoms with Gasteiger partial charge in [-0.15, -0.1) is 0 Å². The number of ether oxygens (including phenoxy) is 2. The number of carbonyl (C=O) groups is 1. The van der Waals surface area contributed by atoms with E-state index in [0.717, 1.165) is 84.3 Å². The Hall–Kier alpha value is -4.39. The Morgan fingerprint density at radius 3 is 1.52 bits per heavy atom. The highest BCUT2D eigenvalue weighted by molar-refractivity contribution is 6.10. The topological polar surface area (TPSA) is 91.8 Å². The highest BCUT2D eigenvalue weighted by Crippen LogP contribution is 2.45. The Morgan fingerprint density at radius 2 is 1.07 bits per heavy atom. The van der Waals surface area contributed by atoms with Crippen LogP contribution in [0.15, 0.2) is 94.6 Å². The molecule has 2 fully saturated rings. The first kappa shape index (κ1) is 25.3. The molecule has 8 rings (SSSR count). The number of H-pyrrole nitrogens is 2. The number of nitrogens with zero attached hydrogens (tertiary/aromatic N) is 2. The van der Waals surface area contributed by atoms with E-state index in [1.54, 1.807) is 12.2 Å². The summed E-state index contributed by atoms with van der Waals surface area (Å²) in [6.45, 7) is 0. The molecule has 2 aliphatic carbocycles. The minimum Gasteiger partial charge on any atom is -0.440 e. The predicted molar refractivity (Wildman–Crippen MR) is 165 cm³/mol. The fraction of sp³-hybridized carbons (Fsp3) is 0.343. The van der Waals surface area contributed by atoms with Gasteiger partial charge in [0.05, 0.1) is 11.1 Å². The number of benzene rings is 2. The van der Waals surface area contributed by atoms with E-state index in [4.69, 9.17) is 19.5 Å². The van der Waals surface area contributed by atoms with E-state index >= 15 is 0 Å². The molecule has 0 saturated heterocycles. The first-order valence-electron chi connectivity index (χ1n) is 15.3. The third kappa shape index (κ3) is 4.13. The SMILES string of the molecule is O=C(/C=C1/OC(c2c[nH]c3ccccc23)=NC12CCCCC2)/C=C1/OC(c2c[nH]c3ccccc23)=NC12CCCCC2. The van der Waals surface area contributed by atoms with Crippen molar-refractivity contribution in [1.29, 1.82) is 0 Å². The van der Waals surface area contributed by atoms with Crippen molar-refractivity contribution in [2.24, 2.45) is 9.98 Å². The average Bonchev–Trinajstić information content (AvgIpc) is 3.79. The second kappa shape index (κ2) is 9.86. The molecule has 2 N–H and O–H groups in total. The minimum atomic E-state index is -0.495. The Kier molecular flexibility index (Phi) is 5.95. The summed E-state index contributed by atoms with van der Waals surface area (Å²) < 4.78 is 13.0. The van der Waals surface area contributed by atoms with Crippen molar-refractivity contribution in [2.75, 3.05) is 0 Å². The van der Waals surface area contributed by atoms with Crippen LogP contribution in [0.3, 0.4) is 0 Å². The van der Waals surface area contributed by atoms with E-state index in [0.29, 0.717) is 23.3 Å². The summed E-state index contributed by atoms with van der Waals surface area (Å²) in [6.07, 6.45) is 17.3. The van der Waals surface area contributed by atoms with Crippen molar-refractivity contribution >= 4 is 39.4 Å². The number of nitrogens with one attached hydrogen (secondary N) is 2. The Labute approximate surface area is 244 Å². The Bertz CT molecular complexity index is 1690. The van der Waals surface area contributed by atoms with E-state index in [1.165, 1.54) is 12.8 Å². The minimum absolute atomic E-state index is 0.138. The molecule has 4 heterocycles. The van der Waals surface area contributed by atoms with Gasteiger partial charge < -0.3 is 19.4 Å². The maximum atomic E-state index is 13.8. The lowest BCUT2D eigenvalue weighted by Gasteiger charge is -2.30. The fourth-order valence-corrected chi connectivity index (χ4v) is 7.29. The number of aromatic amines is 2. The Balaban J connectivity index is 1.14. The molecular weight excluding hydrogens is 524 g/mol. The van der Waals surface area contributed by atoms with Crippen LogP contribution in [-0.4, -0.2) is 38.6 Å². The highest BCUT2D eigenvalue weighted by Gasteiger charge is 2.46. The average molecular weight is 559 g/mol. The fourth-order valence-electron chi connectivity index (χ4n) is 7.29. The number of hydrogen-bond donors (Lipinski definition) is 2. The highest BCUT2D eigenvalue weighted by atomic mass is 16.5. The maximum absolute atomic E-state index is 13.8. The standard InChI is InChI=1S/C35H34N4O3/c40-23(19-30-34(15-7-1-8-16-34)38-32(41-30)26-21-36-28-13-5-3-11-24(26)28)20-31-35(17-9-2-10-18-35)39-33(42-31)27-22-37-29-14-6-4-12-25(27)29/h3-6,11-14,19-22,36-37H,1-2,7-10,15-18H2/b30-19+,31-20+. The first-order valence-corrected chi connectivity index (χ1v) is 15.3. The second-order valence-electron chi connectivity index (χ2n) is 12.1. The number of rotatable bonds is 4. The zero-order valence-electron chi connectivity index (χ0n) is 23.6. The predicted octanol–water partition coefficient (Wildman–Crippen LogP) is 7.65. The molecule has 2 aromatic carbocycles. The van der Waals surface area contributed by atoms with Crippen LogP contribution in [0, 0.1) is 0 Å². The first-order chi connectivity index (χ1) is 20.6. The van der Waals surface area contributed by atoms with E-state index in [-0.39, 0.29) is 5.78 Å². The summed E-state index contributed by atoms with van der Waals surface area (Å²) in [6, 6.07) is 16.3. The van der Waals surface area contributed by atoms with Gasteiger partial charge in [-0.1, -0.05) is 74.9 Å². The van der Waals surface area contributed by atoms with E-state index < -0.39 is 11.1 Å². The third-order valence-corrected chi connectivity index (χ3v) is 9.51.